The maximum Gasteiger partial charge on any atom is 0.243 e. The van der Waals surface area contributed by atoms with Crippen LogP contribution in [0.4, 0.5) is 0 Å². The van der Waals surface area contributed by atoms with Crippen LogP contribution in [-0.2, 0) is 29.5 Å². The molecule has 0 fully saturated rings. The Bertz CT molecular complexity index is 967. The first-order valence-electron chi connectivity index (χ1n) is 9.02. The van der Waals surface area contributed by atoms with Crippen molar-refractivity contribution in [1.82, 2.24) is 9.29 Å². The summed E-state index contributed by atoms with van der Waals surface area (Å²) in [6.07, 6.45) is 4.35. The molecule has 0 aliphatic rings. The third-order valence-electron chi connectivity index (χ3n) is 4.53. The van der Waals surface area contributed by atoms with Gasteiger partial charge in [-0.3, -0.25) is 4.98 Å². The minimum absolute atomic E-state index is 0.277. The number of sulfonamides is 1. The topological polar surface area (TPSA) is 50.3 Å². The third-order valence-corrected chi connectivity index (χ3v) is 6.34. The Labute approximate surface area is 161 Å². The molecule has 0 unspecified atom stereocenters. The molecule has 4 nitrogen and oxygen atoms in total. The van der Waals surface area contributed by atoms with Crippen LogP contribution in [0.2, 0.25) is 0 Å². The molecular weight excluding hydrogens is 356 g/mol. The van der Waals surface area contributed by atoms with Crippen molar-refractivity contribution in [1.29, 1.82) is 0 Å². The lowest BCUT2D eigenvalue weighted by Gasteiger charge is -2.22. The van der Waals surface area contributed by atoms with Crippen molar-refractivity contribution in [3.8, 4) is 0 Å². The second-order valence-corrected chi connectivity index (χ2v) is 8.56. The van der Waals surface area contributed by atoms with E-state index in [4.69, 9.17) is 0 Å². The van der Waals surface area contributed by atoms with E-state index in [0.29, 0.717) is 11.4 Å². The summed E-state index contributed by atoms with van der Waals surface area (Å²) in [4.78, 5) is 4.42. The zero-order valence-corrected chi connectivity index (χ0v) is 16.5. The smallest absolute Gasteiger partial charge is 0.243 e. The van der Waals surface area contributed by atoms with Gasteiger partial charge in [0.25, 0.3) is 0 Å². The minimum atomic E-state index is -3.62. The Morgan fingerprint density at radius 2 is 1.48 bits per heavy atom. The Balaban J connectivity index is 1.94. The second kappa shape index (κ2) is 8.46. The molecule has 0 radical (unpaired) electrons. The monoisotopic (exact) mass is 380 g/mol. The van der Waals surface area contributed by atoms with Crippen molar-refractivity contribution in [3.05, 3.63) is 95.3 Å². The molecule has 0 bridgehead atoms. The molecule has 3 rings (SSSR count). The fourth-order valence-electron chi connectivity index (χ4n) is 2.86. The van der Waals surface area contributed by atoms with Crippen LogP contribution in [-0.4, -0.2) is 17.7 Å². The van der Waals surface area contributed by atoms with Gasteiger partial charge in [0.15, 0.2) is 0 Å². The molecule has 0 aliphatic carbocycles. The summed E-state index contributed by atoms with van der Waals surface area (Å²) in [5.41, 5.74) is 4.09. The van der Waals surface area contributed by atoms with Gasteiger partial charge in [0.2, 0.25) is 10.0 Å². The molecule has 0 atom stereocenters. The van der Waals surface area contributed by atoms with Crippen LogP contribution in [0.25, 0.3) is 0 Å². The van der Waals surface area contributed by atoms with Gasteiger partial charge in [0, 0.05) is 25.5 Å². The van der Waals surface area contributed by atoms with Crippen LogP contribution in [0.3, 0.4) is 0 Å². The van der Waals surface area contributed by atoms with Crippen LogP contribution in [0.15, 0.2) is 78.0 Å². The predicted molar refractivity (Wildman–Crippen MR) is 108 cm³/mol. The van der Waals surface area contributed by atoms with Gasteiger partial charge in [0.05, 0.1) is 4.90 Å². The standard InChI is InChI=1S/C22H24N2O2S/c1-3-19-8-10-20(11-9-19)16-24(17-21-5-4-14-23-15-21)27(25,26)22-12-6-18(2)7-13-22/h4-15H,3,16-17H2,1-2H3. The van der Waals surface area contributed by atoms with E-state index in [1.54, 1.807) is 24.5 Å². The number of nitrogens with zero attached hydrogens (tertiary/aromatic N) is 2. The van der Waals surface area contributed by atoms with Crippen LogP contribution in [0.1, 0.15) is 29.2 Å². The Hall–Kier alpha value is -2.50. The summed E-state index contributed by atoms with van der Waals surface area (Å²) in [6, 6.07) is 18.8. The average molecular weight is 381 g/mol. The highest BCUT2D eigenvalue weighted by Crippen LogP contribution is 2.21. The highest BCUT2D eigenvalue weighted by atomic mass is 32.2. The number of rotatable bonds is 7. The van der Waals surface area contributed by atoms with Crippen LogP contribution < -0.4 is 0 Å². The van der Waals surface area contributed by atoms with Gasteiger partial charge in [-0.1, -0.05) is 55.0 Å². The van der Waals surface area contributed by atoms with E-state index in [2.05, 4.69) is 24.0 Å². The predicted octanol–water partition coefficient (Wildman–Crippen LogP) is 4.34. The fourth-order valence-corrected chi connectivity index (χ4v) is 4.28. The summed E-state index contributed by atoms with van der Waals surface area (Å²) in [5.74, 6) is 0. The molecule has 5 heteroatoms. The number of pyridine rings is 1. The fraction of sp³-hybridized carbons (Fsp3) is 0.227. The molecule has 27 heavy (non-hydrogen) atoms. The van der Waals surface area contributed by atoms with E-state index in [1.165, 1.54) is 9.87 Å². The summed E-state index contributed by atoms with van der Waals surface area (Å²) >= 11 is 0. The number of hydrogen-bond acceptors (Lipinski definition) is 3. The quantitative estimate of drug-likeness (QED) is 0.612. The zero-order chi connectivity index (χ0) is 19.3. The molecule has 140 valence electrons. The Morgan fingerprint density at radius 1 is 0.852 bits per heavy atom. The van der Waals surface area contributed by atoms with Crippen molar-refractivity contribution in [3.63, 3.8) is 0 Å². The molecule has 0 N–H and O–H groups in total. The van der Waals surface area contributed by atoms with Gasteiger partial charge in [0.1, 0.15) is 0 Å². The number of hydrogen-bond donors (Lipinski definition) is 0. The van der Waals surface area contributed by atoms with Gasteiger partial charge >= 0.3 is 0 Å². The summed E-state index contributed by atoms with van der Waals surface area (Å²) in [6.45, 7) is 4.64. The SMILES string of the molecule is CCc1ccc(CN(Cc2cccnc2)S(=O)(=O)c2ccc(C)cc2)cc1. The van der Waals surface area contributed by atoms with E-state index in [-0.39, 0.29) is 6.54 Å². The van der Waals surface area contributed by atoms with E-state index in [0.717, 1.165) is 23.1 Å². The number of aryl methyl sites for hydroxylation is 2. The van der Waals surface area contributed by atoms with Crippen molar-refractivity contribution < 1.29 is 8.42 Å². The Morgan fingerprint density at radius 3 is 2.07 bits per heavy atom. The zero-order valence-electron chi connectivity index (χ0n) is 15.7. The Kier molecular flexibility index (Phi) is 6.04. The molecule has 3 aromatic rings. The summed E-state index contributed by atoms with van der Waals surface area (Å²) in [7, 11) is -3.62. The normalized spacial score (nSPS) is 11.7. The first-order valence-corrected chi connectivity index (χ1v) is 10.5. The molecule has 0 spiro atoms. The van der Waals surface area contributed by atoms with Crippen molar-refractivity contribution in [2.45, 2.75) is 38.3 Å². The molecule has 0 aliphatic heterocycles. The third kappa shape index (κ3) is 4.81. The summed E-state index contributed by atoms with van der Waals surface area (Å²) in [5, 5.41) is 0. The van der Waals surface area contributed by atoms with Gasteiger partial charge in [-0.2, -0.15) is 4.31 Å². The maximum absolute atomic E-state index is 13.3. The molecule has 1 heterocycles. The molecule has 1 aromatic heterocycles. The lowest BCUT2D eigenvalue weighted by atomic mass is 10.1. The lowest BCUT2D eigenvalue weighted by molar-refractivity contribution is 0.400. The maximum atomic E-state index is 13.3. The molecular formula is C22H24N2O2S. The molecule has 2 aromatic carbocycles. The van der Waals surface area contributed by atoms with Gasteiger partial charge in [-0.15, -0.1) is 0 Å². The largest absolute Gasteiger partial charge is 0.264 e. The number of aromatic nitrogens is 1. The first kappa shape index (κ1) is 19.3. The van der Waals surface area contributed by atoms with Crippen molar-refractivity contribution >= 4 is 10.0 Å². The molecule has 0 amide bonds. The number of benzene rings is 2. The van der Waals surface area contributed by atoms with Crippen LogP contribution >= 0.6 is 0 Å². The van der Waals surface area contributed by atoms with Gasteiger partial charge < -0.3 is 0 Å². The average Bonchev–Trinajstić information content (AvgIpc) is 2.69. The highest BCUT2D eigenvalue weighted by Gasteiger charge is 2.25. The van der Waals surface area contributed by atoms with E-state index < -0.39 is 10.0 Å². The van der Waals surface area contributed by atoms with Crippen LogP contribution in [0.5, 0.6) is 0 Å². The minimum Gasteiger partial charge on any atom is -0.264 e. The highest BCUT2D eigenvalue weighted by molar-refractivity contribution is 7.89. The molecule has 0 saturated heterocycles. The van der Waals surface area contributed by atoms with Crippen molar-refractivity contribution in [2.24, 2.45) is 0 Å². The van der Waals surface area contributed by atoms with Gasteiger partial charge in [-0.25, -0.2) is 8.42 Å². The van der Waals surface area contributed by atoms with Crippen LogP contribution in [0, 0.1) is 6.92 Å². The van der Waals surface area contributed by atoms with Gasteiger partial charge in [-0.05, 0) is 48.2 Å². The van der Waals surface area contributed by atoms with E-state index in [9.17, 15) is 8.42 Å². The first-order chi connectivity index (χ1) is 13.0. The molecule has 0 saturated carbocycles. The van der Waals surface area contributed by atoms with E-state index in [1.807, 2.05) is 43.3 Å². The van der Waals surface area contributed by atoms with E-state index >= 15 is 0 Å². The second-order valence-electron chi connectivity index (χ2n) is 6.62. The summed E-state index contributed by atoms with van der Waals surface area (Å²) < 4.78 is 28.1. The van der Waals surface area contributed by atoms with Crippen molar-refractivity contribution in [2.75, 3.05) is 0 Å². The lowest BCUT2D eigenvalue weighted by Crippen LogP contribution is -2.30.